The molecule has 1 saturated heterocycles. The van der Waals surface area contributed by atoms with E-state index in [1.54, 1.807) is 0 Å². The summed E-state index contributed by atoms with van der Waals surface area (Å²) < 4.78 is 0. The number of aliphatic carboxylic acids is 1. The molecule has 2 aliphatic heterocycles. The fourth-order valence-corrected chi connectivity index (χ4v) is 4.17. The number of carboxylic acids is 1. The van der Waals surface area contributed by atoms with Crippen LogP contribution in [-0.2, 0) is 19.2 Å². The molecule has 2 amide bonds. The van der Waals surface area contributed by atoms with Crippen molar-refractivity contribution in [2.75, 3.05) is 18.6 Å². The van der Waals surface area contributed by atoms with Crippen LogP contribution in [-0.4, -0.2) is 57.7 Å². The van der Waals surface area contributed by atoms with Crippen molar-refractivity contribution in [2.24, 2.45) is 5.16 Å². The number of carbonyl (C=O) groups is 3. The molecule has 2 atom stereocenters. The van der Waals surface area contributed by atoms with Crippen molar-refractivity contribution >= 4 is 51.7 Å². The van der Waals surface area contributed by atoms with Gasteiger partial charge in [-0.3, -0.25) is 14.5 Å². The van der Waals surface area contributed by atoms with E-state index in [0.717, 1.165) is 16.2 Å². The number of thiazole rings is 1. The molecule has 0 bridgehead atoms. The number of nitrogens with one attached hydrogen (secondary N) is 1. The molecule has 10 nitrogen and oxygen atoms in total. The molecule has 0 saturated carbocycles. The van der Waals surface area contributed by atoms with Crippen LogP contribution in [0.4, 0.5) is 5.13 Å². The minimum atomic E-state index is -1.43. The minimum Gasteiger partial charge on any atom is -0.543 e. The molecule has 3 N–H and O–H groups in total. The summed E-state index contributed by atoms with van der Waals surface area (Å²) in [7, 11) is 1.27. The first-order valence-electron chi connectivity index (χ1n) is 6.93. The Morgan fingerprint density at radius 2 is 2.27 bits per heavy atom. The SMILES string of the molecule is CO/N=C(\C(=O)NC1C(=O)N2C(C(=O)[O-])=CCS[C@H]12)c1csc(N)n1.[Na+]. The van der Waals surface area contributed by atoms with E-state index >= 15 is 0 Å². The topological polar surface area (TPSA) is 150 Å². The number of thioether (sulfide) groups is 1. The van der Waals surface area contributed by atoms with Gasteiger partial charge in [0.25, 0.3) is 11.8 Å². The molecule has 1 unspecified atom stereocenters. The van der Waals surface area contributed by atoms with Crippen LogP contribution in [0.5, 0.6) is 0 Å². The second kappa shape index (κ2) is 8.39. The molecule has 0 aromatic carbocycles. The molecular formula is C13H12N5NaO5S2. The van der Waals surface area contributed by atoms with Crippen LogP contribution >= 0.6 is 23.1 Å². The van der Waals surface area contributed by atoms with Crippen LogP contribution in [0.2, 0.25) is 0 Å². The van der Waals surface area contributed by atoms with Crippen molar-refractivity contribution in [1.29, 1.82) is 0 Å². The smallest absolute Gasteiger partial charge is 0.543 e. The number of rotatable bonds is 5. The number of nitrogens with zero attached hydrogens (tertiary/aromatic N) is 3. The summed E-state index contributed by atoms with van der Waals surface area (Å²) in [6.07, 6.45) is 1.41. The first kappa shape index (κ1) is 20.7. The third-order valence-electron chi connectivity index (χ3n) is 3.50. The zero-order valence-corrected chi connectivity index (χ0v) is 17.4. The van der Waals surface area contributed by atoms with Gasteiger partial charge in [0, 0.05) is 11.1 Å². The Bertz CT molecular complexity index is 811. The number of β-lactam (4-membered cyclic amide) rings is 1. The number of fused-ring (bicyclic) bond motifs is 1. The molecule has 3 heterocycles. The van der Waals surface area contributed by atoms with Crippen LogP contribution in [0.1, 0.15) is 5.69 Å². The van der Waals surface area contributed by atoms with Gasteiger partial charge in [-0.25, -0.2) is 4.98 Å². The monoisotopic (exact) mass is 405 g/mol. The first-order chi connectivity index (χ1) is 11.9. The maximum Gasteiger partial charge on any atom is 1.00 e. The Kier molecular flexibility index (Phi) is 6.69. The van der Waals surface area contributed by atoms with Gasteiger partial charge >= 0.3 is 29.6 Å². The zero-order valence-electron chi connectivity index (χ0n) is 13.8. The second-order valence-corrected chi connectivity index (χ2v) is 6.99. The van der Waals surface area contributed by atoms with Gasteiger partial charge in [0.05, 0.1) is 11.7 Å². The van der Waals surface area contributed by atoms with Crippen molar-refractivity contribution in [2.45, 2.75) is 11.4 Å². The largest absolute Gasteiger partial charge is 1.00 e. The quantitative estimate of drug-likeness (QED) is 0.214. The fraction of sp³-hybridized carbons (Fsp3) is 0.308. The van der Waals surface area contributed by atoms with Crippen LogP contribution < -0.4 is 45.7 Å². The van der Waals surface area contributed by atoms with Gasteiger partial charge in [0.1, 0.15) is 24.2 Å². The zero-order chi connectivity index (χ0) is 18.1. The van der Waals surface area contributed by atoms with Crippen LogP contribution in [0.15, 0.2) is 22.3 Å². The summed E-state index contributed by atoms with van der Waals surface area (Å²) in [6, 6.07) is -0.876. The number of nitrogens with two attached hydrogens (primary N) is 1. The average molecular weight is 405 g/mol. The van der Waals surface area contributed by atoms with Crippen molar-refractivity contribution in [1.82, 2.24) is 15.2 Å². The molecule has 1 fully saturated rings. The van der Waals surface area contributed by atoms with Crippen molar-refractivity contribution in [3.8, 4) is 0 Å². The molecule has 0 radical (unpaired) electrons. The van der Waals surface area contributed by atoms with Crippen molar-refractivity contribution < 1.29 is 53.9 Å². The number of amides is 2. The molecule has 1 aromatic rings. The van der Waals surface area contributed by atoms with Crippen molar-refractivity contribution in [3.05, 3.63) is 22.8 Å². The first-order valence-corrected chi connectivity index (χ1v) is 8.86. The van der Waals surface area contributed by atoms with E-state index in [-0.39, 0.29) is 51.8 Å². The number of hydrogen-bond donors (Lipinski definition) is 2. The number of oxime groups is 1. The fourth-order valence-electron chi connectivity index (χ4n) is 2.43. The molecule has 26 heavy (non-hydrogen) atoms. The van der Waals surface area contributed by atoms with E-state index in [1.807, 2.05) is 0 Å². The predicted octanol–water partition coefficient (Wildman–Crippen LogP) is -4.89. The number of nitrogen functional groups attached to an aromatic ring is 1. The van der Waals surface area contributed by atoms with E-state index in [9.17, 15) is 19.5 Å². The van der Waals surface area contributed by atoms with Crippen LogP contribution in [0, 0.1) is 0 Å². The van der Waals surface area contributed by atoms with E-state index in [4.69, 9.17) is 5.73 Å². The number of aromatic nitrogens is 1. The molecule has 0 aliphatic carbocycles. The van der Waals surface area contributed by atoms with Crippen LogP contribution in [0.25, 0.3) is 0 Å². The Hall–Kier alpha value is -1.60. The molecular weight excluding hydrogens is 393 g/mol. The summed E-state index contributed by atoms with van der Waals surface area (Å²) in [6.45, 7) is 0. The summed E-state index contributed by atoms with van der Waals surface area (Å²) in [5.74, 6) is -2.24. The normalized spacial score (nSPS) is 21.7. The standard InChI is InChI=1S/C13H13N5O5S2.Na/c1-23-17-7(5-4-25-13(14)15-5)9(19)16-8-10(20)18-6(12(21)22)2-3-24-11(8)18;/h2,4,8,11H,3H2,1H3,(H2,14,15)(H,16,19)(H,21,22);/q;+1/p-1/b17-7-;/t8?,11-;/m1./s1. The van der Waals surface area contributed by atoms with Gasteiger partial charge in [0.15, 0.2) is 10.8 Å². The van der Waals surface area contributed by atoms with Gasteiger partial charge in [-0.05, 0) is 6.08 Å². The maximum atomic E-state index is 12.5. The van der Waals surface area contributed by atoms with E-state index < -0.39 is 29.2 Å². The van der Waals surface area contributed by atoms with Gasteiger partial charge < -0.3 is 25.8 Å². The molecule has 1 aromatic heterocycles. The minimum absolute atomic E-state index is 0. The number of carboxylic acid groups (broad SMARTS) is 1. The molecule has 132 valence electrons. The predicted molar refractivity (Wildman–Crippen MR) is 88.2 cm³/mol. The average Bonchev–Trinajstić information content (AvgIpc) is 3.02. The number of carbonyl (C=O) groups excluding carboxylic acids is 3. The van der Waals surface area contributed by atoms with Crippen molar-refractivity contribution in [3.63, 3.8) is 0 Å². The molecule has 3 rings (SSSR count). The molecule has 0 spiro atoms. The summed E-state index contributed by atoms with van der Waals surface area (Å²) in [5, 5.41) is 18.5. The number of anilines is 1. The Balaban J connectivity index is 0.00000243. The van der Waals surface area contributed by atoms with Gasteiger partial charge in [-0.15, -0.1) is 23.1 Å². The summed E-state index contributed by atoms with van der Waals surface area (Å²) in [4.78, 5) is 45.5. The maximum absolute atomic E-state index is 12.5. The molecule has 2 aliphatic rings. The Morgan fingerprint density at radius 3 is 2.85 bits per heavy atom. The van der Waals surface area contributed by atoms with Gasteiger partial charge in [-0.2, -0.15) is 0 Å². The number of hydrogen-bond acceptors (Lipinski definition) is 10. The van der Waals surface area contributed by atoms with Gasteiger partial charge in [0.2, 0.25) is 0 Å². The summed E-state index contributed by atoms with van der Waals surface area (Å²) >= 11 is 2.46. The van der Waals surface area contributed by atoms with E-state index in [2.05, 4.69) is 20.3 Å². The third-order valence-corrected chi connectivity index (χ3v) is 5.36. The Morgan fingerprint density at radius 1 is 1.54 bits per heavy atom. The Labute approximate surface area is 178 Å². The van der Waals surface area contributed by atoms with E-state index in [1.165, 1.54) is 30.3 Å². The van der Waals surface area contributed by atoms with Crippen LogP contribution in [0.3, 0.4) is 0 Å². The third kappa shape index (κ3) is 3.74. The van der Waals surface area contributed by atoms with E-state index in [0.29, 0.717) is 5.75 Å². The molecule has 13 heteroatoms. The summed E-state index contributed by atoms with van der Waals surface area (Å²) in [5.41, 5.74) is 5.46. The second-order valence-electron chi connectivity index (χ2n) is 4.95. The van der Waals surface area contributed by atoms with Gasteiger partial charge in [-0.1, -0.05) is 5.16 Å².